The fourth-order valence-electron chi connectivity index (χ4n) is 0.919. The van der Waals surface area contributed by atoms with Gasteiger partial charge in [-0.3, -0.25) is 10.2 Å². The summed E-state index contributed by atoms with van der Waals surface area (Å²) in [5.74, 6) is 0. The lowest BCUT2D eigenvalue weighted by atomic mass is 10.4. The fourth-order valence-corrected chi connectivity index (χ4v) is 0.919. The molecule has 2 atom stereocenters. The van der Waals surface area contributed by atoms with E-state index in [1.807, 2.05) is 0 Å². The molecule has 2 unspecified atom stereocenters. The molecule has 0 amide bonds. The predicted octanol–water partition coefficient (Wildman–Crippen LogP) is 0.256. The number of likely N-dealkylation sites (N-methyl/N-ethyl adjacent to an activating group) is 1. The molecule has 1 aliphatic heterocycles. The summed E-state index contributed by atoms with van der Waals surface area (Å²) in [7, 11) is 2.14. The van der Waals surface area contributed by atoms with E-state index in [1.165, 1.54) is 0 Å². The Kier molecular flexibility index (Phi) is 1.54. The van der Waals surface area contributed by atoms with Gasteiger partial charge in [0, 0.05) is 6.04 Å². The summed E-state index contributed by atoms with van der Waals surface area (Å²) < 4.78 is 0. The normalized spacial score (nSPS) is 36.0. The van der Waals surface area contributed by atoms with Crippen LogP contribution in [0.5, 0.6) is 0 Å². The molecule has 1 N–H and O–H groups in total. The Bertz CT molecular complexity index is 80.6. The van der Waals surface area contributed by atoms with Crippen molar-refractivity contribution in [1.29, 1.82) is 0 Å². The molecule has 2 nitrogen and oxygen atoms in total. The number of rotatable bonds is 2. The highest BCUT2D eigenvalue weighted by Crippen LogP contribution is 2.11. The molecule has 0 aromatic heterocycles. The van der Waals surface area contributed by atoms with Gasteiger partial charge in [0.1, 0.15) is 0 Å². The molecule has 0 radical (unpaired) electrons. The maximum absolute atomic E-state index is 3.31. The van der Waals surface area contributed by atoms with Gasteiger partial charge in [0.25, 0.3) is 0 Å². The summed E-state index contributed by atoms with van der Waals surface area (Å²) in [6, 6.07) is 0.722. The monoisotopic (exact) mass is 114 g/mol. The second-order valence-corrected chi connectivity index (χ2v) is 2.47. The molecule has 0 aliphatic carbocycles. The average Bonchev–Trinajstić information content (AvgIpc) is 2.45. The van der Waals surface area contributed by atoms with Crippen molar-refractivity contribution in [2.24, 2.45) is 0 Å². The Morgan fingerprint density at radius 1 is 1.62 bits per heavy atom. The largest absolute Gasteiger partial charge is 0.295 e. The van der Waals surface area contributed by atoms with Crippen LogP contribution in [0.2, 0.25) is 0 Å². The molecule has 1 saturated heterocycles. The Morgan fingerprint density at radius 3 is 2.25 bits per heavy atom. The maximum Gasteiger partial charge on any atom is 0.0753 e. The molecule has 2 heteroatoms. The van der Waals surface area contributed by atoms with Crippen molar-refractivity contribution in [2.45, 2.75) is 26.1 Å². The molecule has 1 aliphatic rings. The second-order valence-electron chi connectivity index (χ2n) is 2.47. The van der Waals surface area contributed by atoms with Crippen LogP contribution in [0.4, 0.5) is 0 Å². The van der Waals surface area contributed by atoms with E-state index in [9.17, 15) is 0 Å². The molecule has 0 bridgehead atoms. The maximum atomic E-state index is 3.31. The first kappa shape index (κ1) is 6.05. The highest BCUT2D eigenvalue weighted by Gasteiger charge is 2.33. The van der Waals surface area contributed by atoms with Gasteiger partial charge < -0.3 is 0 Å². The van der Waals surface area contributed by atoms with E-state index < -0.39 is 0 Å². The van der Waals surface area contributed by atoms with Crippen LogP contribution in [0, 0.1) is 0 Å². The van der Waals surface area contributed by atoms with Crippen LogP contribution in [0.3, 0.4) is 0 Å². The Morgan fingerprint density at radius 2 is 2.12 bits per heavy atom. The number of nitrogens with zero attached hydrogens (tertiary/aromatic N) is 1. The summed E-state index contributed by atoms with van der Waals surface area (Å²) in [6.45, 7) is 5.52. The third-order valence-electron chi connectivity index (χ3n) is 1.77. The van der Waals surface area contributed by atoms with E-state index in [0.29, 0.717) is 6.17 Å². The Labute approximate surface area is 50.9 Å². The predicted molar refractivity (Wildman–Crippen MR) is 34.7 cm³/mol. The third kappa shape index (κ3) is 1.01. The molecule has 1 rings (SSSR count). The van der Waals surface area contributed by atoms with E-state index in [-0.39, 0.29) is 0 Å². The smallest absolute Gasteiger partial charge is 0.0753 e. The minimum Gasteiger partial charge on any atom is -0.295 e. The lowest BCUT2D eigenvalue weighted by molar-refractivity contribution is 0.332. The van der Waals surface area contributed by atoms with Gasteiger partial charge in [-0.1, -0.05) is 6.92 Å². The van der Waals surface area contributed by atoms with Gasteiger partial charge in [-0.2, -0.15) is 0 Å². The molecule has 0 spiro atoms. The van der Waals surface area contributed by atoms with Gasteiger partial charge in [0.15, 0.2) is 0 Å². The van der Waals surface area contributed by atoms with Crippen LogP contribution >= 0.6 is 0 Å². The van der Waals surface area contributed by atoms with E-state index in [2.05, 4.69) is 31.1 Å². The van der Waals surface area contributed by atoms with Crippen LogP contribution in [0.15, 0.2) is 0 Å². The van der Waals surface area contributed by atoms with Crippen molar-refractivity contribution >= 4 is 0 Å². The zero-order valence-corrected chi connectivity index (χ0v) is 5.81. The van der Waals surface area contributed by atoms with E-state index in [1.54, 1.807) is 0 Å². The van der Waals surface area contributed by atoms with Crippen molar-refractivity contribution in [3.8, 4) is 0 Å². The SMILES string of the molecule is CCN(C)C1NC1C. The highest BCUT2D eigenvalue weighted by atomic mass is 15.4. The van der Waals surface area contributed by atoms with Crippen LogP contribution < -0.4 is 5.32 Å². The van der Waals surface area contributed by atoms with Gasteiger partial charge in [0.05, 0.1) is 6.17 Å². The molecule has 1 heterocycles. The second kappa shape index (κ2) is 2.03. The Hall–Kier alpha value is -0.0800. The molecule has 0 aromatic carbocycles. The van der Waals surface area contributed by atoms with Gasteiger partial charge in [-0.25, -0.2) is 0 Å². The lowest BCUT2D eigenvalue weighted by Crippen LogP contribution is -2.23. The summed E-state index contributed by atoms with van der Waals surface area (Å²) in [6.07, 6.45) is 0.667. The average molecular weight is 114 g/mol. The highest BCUT2D eigenvalue weighted by molar-refractivity contribution is 4.92. The van der Waals surface area contributed by atoms with Crippen molar-refractivity contribution < 1.29 is 0 Å². The fraction of sp³-hybridized carbons (Fsp3) is 1.00. The van der Waals surface area contributed by atoms with Crippen molar-refractivity contribution in [1.82, 2.24) is 10.2 Å². The van der Waals surface area contributed by atoms with Gasteiger partial charge >= 0.3 is 0 Å². The summed E-state index contributed by atoms with van der Waals surface area (Å²) in [5.41, 5.74) is 0. The van der Waals surface area contributed by atoms with Crippen LogP contribution in [-0.4, -0.2) is 30.7 Å². The number of nitrogens with one attached hydrogen (secondary N) is 1. The van der Waals surface area contributed by atoms with Gasteiger partial charge in [-0.05, 0) is 20.5 Å². The van der Waals surface area contributed by atoms with Crippen molar-refractivity contribution in [3.63, 3.8) is 0 Å². The molecule has 0 aromatic rings. The first-order valence-corrected chi connectivity index (χ1v) is 3.22. The van der Waals surface area contributed by atoms with Crippen LogP contribution in [0.1, 0.15) is 13.8 Å². The lowest BCUT2D eigenvalue weighted by Gasteiger charge is -2.09. The van der Waals surface area contributed by atoms with Crippen LogP contribution in [0.25, 0.3) is 0 Å². The minimum absolute atomic E-state index is 0.667. The van der Waals surface area contributed by atoms with Crippen molar-refractivity contribution in [2.75, 3.05) is 13.6 Å². The molecular weight excluding hydrogens is 100 g/mol. The quantitative estimate of drug-likeness (QED) is 0.521. The first-order chi connectivity index (χ1) is 3.75. The van der Waals surface area contributed by atoms with E-state index in [0.717, 1.165) is 12.6 Å². The zero-order chi connectivity index (χ0) is 6.15. The molecule has 8 heavy (non-hydrogen) atoms. The van der Waals surface area contributed by atoms with E-state index in [4.69, 9.17) is 0 Å². The zero-order valence-electron chi connectivity index (χ0n) is 5.81. The topological polar surface area (TPSA) is 25.2 Å². The van der Waals surface area contributed by atoms with Crippen LogP contribution in [-0.2, 0) is 0 Å². The molecule has 1 fully saturated rings. The standard InChI is InChI=1S/C6H14N2/c1-4-8(3)6-5(2)7-6/h5-7H,4H2,1-3H3. The number of hydrogen-bond donors (Lipinski definition) is 1. The molecule has 48 valence electrons. The molecule has 0 saturated carbocycles. The summed E-state index contributed by atoms with van der Waals surface area (Å²) in [5, 5.41) is 3.31. The van der Waals surface area contributed by atoms with Crippen molar-refractivity contribution in [3.05, 3.63) is 0 Å². The Balaban J connectivity index is 2.18. The van der Waals surface area contributed by atoms with Gasteiger partial charge in [-0.15, -0.1) is 0 Å². The first-order valence-electron chi connectivity index (χ1n) is 3.22. The van der Waals surface area contributed by atoms with Gasteiger partial charge in [0.2, 0.25) is 0 Å². The molecular formula is C6H14N2. The van der Waals surface area contributed by atoms with E-state index >= 15 is 0 Å². The number of hydrogen-bond acceptors (Lipinski definition) is 2. The third-order valence-corrected chi connectivity index (χ3v) is 1.77. The minimum atomic E-state index is 0.667. The summed E-state index contributed by atoms with van der Waals surface area (Å²) in [4.78, 5) is 2.31. The summed E-state index contributed by atoms with van der Waals surface area (Å²) >= 11 is 0.